The fraction of sp³-hybridized carbons (Fsp3) is 0.824. The summed E-state index contributed by atoms with van der Waals surface area (Å²) in [5, 5.41) is 8.41. The summed E-state index contributed by atoms with van der Waals surface area (Å²) >= 11 is 0. The molecule has 0 spiro atoms. The minimum atomic E-state index is -0.172. The van der Waals surface area contributed by atoms with Crippen LogP contribution in [0.2, 0.25) is 0 Å². The molecule has 11 nitrogen and oxygen atoms in total. The first kappa shape index (κ1) is 25.9. The number of carbonyl (C=O) groups is 2. The zero-order chi connectivity index (χ0) is 21.0. The average molecular weight is 403 g/mol. The van der Waals surface area contributed by atoms with E-state index in [0.717, 1.165) is 45.3 Å². The predicted molar refractivity (Wildman–Crippen MR) is 111 cm³/mol. The first-order valence-electron chi connectivity index (χ1n) is 9.74. The predicted octanol–water partition coefficient (Wildman–Crippen LogP) is -1.86. The molecule has 0 aromatic carbocycles. The van der Waals surface area contributed by atoms with Crippen molar-refractivity contribution in [2.24, 2.45) is 22.2 Å². The van der Waals surface area contributed by atoms with Crippen molar-refractivity contribution in [3.63, 3.8) is 0 Å². The number of hydrogen-bond acceptors (Lipinski definition) is 6. The Hall–Kier alpha value is -2.11. The van der Waals surface area contributed by atoms with E-state index in [-0.39, 0.29) is 24.4 Å². The van der Waals surface area contributed by atoms with Crippen molar-refractivity contribution in [1.82, 2.24) is 20.9 Å². The molecule has 0 heterocycles. The number of urea groups is 1. The quantitative estimate of drug-likeness (QED) is 0.0940. The Labute approximate surface area is 167 Å². The topological polar surface area (TPSA) is 173 Å². The summed E-state index contributed by atoms with van der Waals surface area (Å²) in [5.74, 6) is -0.0551. The van der Waals surface area contributed by atoms with Gasteiger partial charge in [-0.2, -0.15) is 0 Å². The normalized spacial score (nSPS) is 10.5. The van der Waals surface area contributed by atoms with Gasteiger partial charge < -0.3 is 42.8 Å². The lowest BCUT2D eigenvalue weighted by molar-refractivity contribution is -0.119. The third-order valence-electron chi connectivity index (χ3n) is 3.87. The molecular weight excluding hydrogens is 364 g/mol. The molecule has 0 saturated carbocycles. The van der Waals surface area contributed by atoms with E-state index < -0.39 is 0 Å². The van der Waals surface area contributed by atoms with E-state index in [1.165, 1.54) is 0 Å². The van der Waals surface area contributed by atoms with Crippen LogP contribution in [0.15, 0.2) is 4.99 Å². The van der Waals surface area contributed by atoms with Gasteiger partial charge in [-0.25, -0.2) is 4.79 Å². The second-order valence-corrected chi connectivity index (χ2v) is 6.29. The van der Waals surface area contributed by atoms with E-state index in [0.29, 0.717) is 32.8 Å². The van der Waals surface area contributed by atoms with Gasteiger partial charge in [0.1, 0.15) is 0 Å². The number of carbonyl (C=O) groups excluding carboxylic acids is 2. The number of nitrogens with zero attached hydrogens (tertiary/aromatic N) is 2. The highest BCUT2D eigenvalue weighted by Crippen LogP contribution is 1.94. The molecule has 0 fully saturated rings. The second kappa shape index (κ2) is 18.3. The van der Waals surface area contributed by atoms with E-state index in [1.54, 1.807) is 7.11 Å². The fourth-order valence-corrected chi connectivity index (χ4v) is 2.37. The van der Waals surface area contributed by atoms with Crippen LogP contribution in [-0.4, -0.2) is 88.9 Å². The molecule has 0 atom stereocenters. The number of nitrogens with one attached hydrogen (secondary N) is 3. The van der Waals surface area contributed by atoms with Crippen LogP contribution in [0, 0.1) is 0 Å². The summed E-state index contributed by atoms with van der Waals surface area (Å²) in [6.07, 6.45) is 3.30. The van der Waals surface area contributed by atoms with Crippen molar-refractivity contribution < 1.29 is 14.3 Å². The lowest BCUT2D eigenvalue weighted by atomic mass is 10.3. The molecule has 0 saturated heterocycles. The highest BCUT2D eigenvalue weighted by molar-refractivity contribution is 5.77. The lowest BCUT2D eigenvalue weighted by Crippen LogP contribution is -2.38. The number of methoxy groups -OCH3 is 1. The zero-order valence-corrected chi connectivity index (χ0v) is 17.0. The van der Waals surface area contributed by atoms with Crippen LogP contribution in [0.1, 0.15) is 25.7 Å². The summed E-state index contributed by atoms with van der Waals surface area (Å²) in [7, 11) is 1.67. The van der Waals surface area contributed by atoms with Crippen molar-refractivity contribution in [1.29, 1.82) is 0 Å². The maximum Gasteiger partial charge on any atom is 0.314 e. The number of nitrogens with two attached hydrogens (primary N) is 3. The van der Waals surface area contributed by atoms with Gasteiger partial charge in [0.15, 0.2) is 5.96 Å². The van der Waals surface area contributed by atoms with Gasteiger partial charge in [-0.1, -0.05) is 0 Å². The Morgan fingerprint density at radius 2 is 1.54 bits per heavy atom. The third-order valence-corrected chi connectivity index (χ3v) is 3.87. The number of guanidine groups is 1. The Bertz CT molecular complexity index is 444. The van der Waals surface area contributed by atoms with Gasteiger partial charge in [-0.3, -0.25) is 9.79 Å². The largest absolute Gasteiger partial charge is 0.383 e. The molecule has 0 radical (unpaired) electrons. The summed E-state index contributed by atoms with van der Waals surface area (Å²) < 4.78 is 5.13. The molecule has 0 aliphatic heterocycles. The molecule has 28 heavy (non-hydrogen) atoms. The van der Waals surface area contributed by atoms with Crippen LogP contribution >= 0.6 is 0 Å². The average Bonchev–Trinajstić information content (AvgIpc) is 2.67. The van der Waals surface area contributed by atoms with Crippen molar-refractivity contribution in [3.05, 3.63) is 0 Å². The maximum absolute atomic E-state index is 11.7. The van der Waals surface area contributed by atoms with Crippen LogP contribution in [0.5, 0.6) is 0 Å². The molecule has 164 valence electrons. The van der Waals surface area contributed by atoms with E-state index in [9.17, 15) is 9.59 Å². The number of ether oxygens (including phenoxy) is 1. The minimum absolute atomic E-state index is 0.0113. The number of rotatable bonds is 17. The molecule has 9 N–H and O–H groups in total. The molecule has 11 heteroatoms. The molecule has 0 aromatic heterocycles. The molecular formula is C17H38N8O3. The molecule has 0 rings (SSSR count). The van der Waals surface area contributed by atoms with Crippen molar-refractivity contribution in [3.8, 4) is 0 Å². The van der Waals surface area contributed by atoms with Gasteiger partial charge in [-0.15, -0.1) is 0 Å². The lowest BCUT2D eigenvalue weighted by Gasteiger charge is -2.22. The fourth-order valence-electron chi connectivity index (χ4n) is 2.37. The summed E-state index contributed by atoms with van der Waals surface area (Å²) in [6.45, 7) is 5.49. The van der Waals surface area contributed by atoms with Gasteiger partial charge in [0.25, 0.3) is 0 Å². The van der Waals surface area contributed by atoms with E-state index in [4.69, 9.17) is 21.9 Å². The number of aliphatic imine (C=N–C) groups is 1. The smallest absolute Gasteiger partial charge is 0.314 e. The maximum atomic E-state index is 11.7. The van der Waals surface area contributed by atoms with Crippen molar-refractivity contribution >= 4 is 17.9 Å². The first-order valence-corrected chi connectivity index (χ1v) is 9.74. The first-order chi connectivity index (χ1) is 13.5. The van der Waals surface area contributed by atoms with Gasteiger partial charge >= 0.3 is 6.03 Å². The molecule has 0 bridgehead atoms. The molecule has 0 aromatic rings. The van der Waals surface area contributed by atoms with Gasteiger partial charge in [0.2, 0.25) is 5.91 Å². The summed E-state index contributed by atoms with van der Waals surface area (Å²) in [5.41, 5.74) is 15.7. The van der Waals surface area contributed by atoms with Crippen molar-refractivity contribution in [2.45, 2.75) is 25.7 Å². The van der Waals surface area contributed by atoms with E-state index in [2.05, 4.69) is 25.8 Å². The molecule has 0 unspecified atom stereocenters. The molecule has 3 amide bonds. The monoisotopic (exact) mass is 402 g/mol. The van der Waals surface area contributed by atoms with E-state index in [1.807, 2.05) is 0 Å². The third kappa shape index (κ3) is 17.3. The Morgan fingerprint density at radius 3 is 2.11 bits per heavy atom. The molecule has 0 aliphatic carbocycles. The van der Waals surface area contributed by atoms with Crippen molar-refractivity contribution in [2.75, 3.05) is 66.1 Å². The van der Waals surface area contributed by atoms with E-state index >= 15 is 0 Å². The summed E-state index contributed by atoms with van der Waals surface area (Å²) in [6, 6.07) is -0.172. The highest BCUT2D eigenvalue weighted by Gasteiger charge is 2.06. The van der Waals surface area contributed by atoms with Crippen LogP contribution in [0.3, 0.4) is 0 Å². The Kier molecular flexibility index (Phi) is 16.9. The minimum Gasteiger partial charge on any atom is -0.383 e. The summed E-state index contributed by atoms with van der Waals surface area (Å²) in [4.78, 5) is 29.0. The van der Waals surface area contributed by atoms with Gasteiger partial charge in [0, 0.05) is 39.8 Å². The Balaban J connectivity index is 3.79. The van der Waals surface area contributed by atoms with Gasteiger partial charge in [-0.05, 0) is 38.8 Å². The van der Waals surface area contributed by atoms with Gasteiger partial charge in [0.05, 0.1) is 13.2 Å². The number of amides is 3. The van der Waals surface area contributed by atoms with Crippen LogP contribution in [0.4, 0.5) is 4.79 Å². The number of unbranched alkanes of at least 4 members (excludes halogenated alkanes) is 1. The number of hydrogen-bond donors (Lipinski definition) is 6. The standard InChI is InChI=1S/C17H38N8O3/c1-28-13-12-25(10-4-8-21-15(26)14-18)11-5-9-24-17(27)23-7-3-2-6-22-16(19)20/h2-14,18H2,1H3,(H,21,26)(H4,19,20,22)(H2,23,24,27). The zero-order valence-electron chi connectivity index (χ0n) is 17.0. The van der Waals surface area contributed by atoms with Crippen LogP contribution < -0.4 is 33.2 Å². The van der Waals surface area contributed by atoms with Crippen LogP contribution in [-0.2, 0) is 9.53 Å². The SMILES string of the molecule is COCCN(CCCNC(=O)CN)CCCNC(=O)NCCCCN=C(N)N. The van der Waals surface area contributed by atoms with Crippen LogP contribution in [0.25, 0.3) is 0 Å². The highest BCUT2D eigenvalue weighted by atomic mass is 16.5. The Morgan fingerprint density at radius 1 is 0.929 bits per heavy atom. The second-order valence-electron chi connectivity index (χ2n) is 6.29. The molecule has 0 aliphatic rings.